The standard InChI is InChI=1S/C6H11N3O2/c1-5(7-2)9(3)6(11)8-4-10/h4H,1-3H3,(H,8,10,11)/b7-5-. The number of nitrogens with zero attached hydrogens (tertiary/aromatic N) is 2. The van der Waals surface area contributed by atoms with Gasteiger partial charge in [0.05, 0.1) is 0 Å². The second-order valence-electron chi connectivity index (χ2n) is 1.90. The molecule has 0 saturated carbocycles. The molecular weight excluding hydrogens is 146 g/mol. The van der Waals surface area contributed by atoms with Crippen LogP contribution in [0, 0.1) is 0 Å². The highest BCUT2D eigenvalue weighted by Gasteiger charge is 2.08. The lowest BCUT2D eigenvalue weighted by Crippen LogP contribution is -2.39. The minimum atomic E-state index is -0.483. The highest BCUT2D eigenvalue weighted by Crippen LogP contribution is 1.86. The van der Waals surface area contributed by atoms with Crippen molar-refractivity contribution in [1.29, 1.82) is 0 Å². The topological polar surface area (TPSA) is 61.8 Å². The number of carbonyl (C=O) groups is 2. The van der Waals surface area contributed by atoms with Crippen molar-refractivity contribution in [3.05, 3.63) is 0 Å². The Balaban J connectivity index is 4.12. The van der Waals surface area contributed by atoms with Crippen LogP contribution in [-0.4, -0.2) is 37.3 Å². The molecule has 0 aromatic heterocycles. The summed E-state index contributed by atoms with van der Waals surface area (Å²) in [6.07, 6.45) is 0.335. The van der Waals surface area contributed by atoms with Gasteiger partial charge in [-0.25, -0.2) is 4.79 Å². The van der Waals surface area contributed by atoms with Gasteiger partial charge in [-0.1, -0.05) is 0 Å². The van der Waals surface area contributed by atoms with E-state index < -0.39 is 6.03 Å². The van der Waals surface area contributed by atoms with Crippen LogP contribution >= 0.6 is 0 Å². The number of amidine groups is 1. The van der Waals surface area contributed by atoms with Crippen molar-refractivity contribution in [2.75, 3.05) is 14.1 Å². The maximum atomic E-state index is 10.8. The van der Waals surface area contributed by atoms with E-state index in [1.54, 1.807) is 14.0 Å². The Morgan fingerprint density at radius 1 is 1.64 bits per heavy atom. The molecule has 0 radical (unpaired) electrons. The number of hydrogen-bond acceptors (Lipinski definition) is 3. The number of carbonyl (C=O) groups excluding carboxylic acids is 2. The summed E-state index contributed by atoms with van der Waals surface area (Å²) in [5.74, 6) is 0.546. The zero-order chi connectivity index (χ0) is 8.85. The molecular formula is C6H11N3O2. The summed E-state index contributed by atoms with van der Waals surface area (Å²) in [5.41, 5.74) is 0. The van der Waals surface area contributed by atoms with Crippen LogP contribution in [-0.2, 0) is 4.79 Å². The monoisotopic (exact) mass is 157 g/mol. The van der Waals surface area contributed by atoms with Crippen molar-refractivity contribution in [1.82, 2.24) is 10.2 Å². The molecule has 0 unspecified atom stereocenters. The third-order valence-electron chi connectivity index (χ3n) is 1.30. The van der Waals surface area contributed by atoms with Gasteiger partial charge in [0.15, 0.2) is 0 Å². The van der Waals surface area contributed by atoms with Crippen LogP contribution in [0.25, 0.3) is 0 Å². The van der Waals surface area contributed by atoms with Crippen molar-refractivity contribution < 1.29 is 9.59 Å². The Hall–Kier alpha value is -1.39. The summed E-state index contributed by atoms with van der Waals surface area (Å²) < 4.78 is 0. The predicted molar refractivity (Wildman–Crippen MR) is 41.4 cm³/mol. The summed E-state index contributed by atoms with van der Waals surface area (Å²) in [7, 11) is 3.10. The molecule has 0 aliphatic carbocycles. The van der Waals surface area contributed by atoms with E-state index in [2.05, 4.69) is 4.99 Å². The molecule has 0 aromatic carbocycles. The number of hydrogen-bond donors (Lipinski definition) is 1. The van der Waals surface area contributed by atoms with Gasteiger partial charge < -0.3 is 0 Å². The summed E-state index contributed by atoms with van der Waals surface area (Å²) >= 11 is 0. The van der Waals surface area contributed by atoms with E-state index in [1.807, 2.05) is 5.32 Å². The number of aliphatic imine (C=N–C) groups is 1. The van der Waals surface area contributed by atoms with Crippen molar-refractivity contribution >= 4 is 18.3 Å². The first kappa shape index (κ1) is 9.61. The lowest BCUT2D eigenvalue weighted by molar-refractivity contribution is -0.108. The van der Waals surface area contributed by atoms with E-state index in [4.69, 9.17) is 0 Å². The van der Waals surface area contributed by atoms with Crippen molar-refractivity contribution in [3.63, 3.8) is 0 Å². The number of urea groups is 1. The summed E-state index contributed by atoms with van der Waals surface area (Å²) in [6, 6.07) is -0.483. The fourth-order valence-electron chi connectivity index (χ4n) is 0.444. The highest BCUT2D eigenvalue weighted by atomic mass is 16.2. The van der Waals surface area contributed by atoms with E-state index in [9.17, 15) is 9.59 Å². The molecule has 62 valence electrons. The maximum absolute atomic E-state index is 10.8. The minimum absolute atomic E-state index is 0.335. The molecule has 0 aromatic rings. The highest BCUT2D eigenvalue weighted by molar-refractivity contribution is 5.98. The van der Waals surface area contributed by atoms with Crippen molar-refractivity contribution in [2.45, 2.75) is 6.92 Å². The second kappa shape index (κ2) is 4.43. The Kier molecular flexibility index (Phi) is 3.87. The lowest BCUT2D eigenvalue weighted by Gasteiger charge is -2.14. The Morgan fingerprint density at radius 2 is 2.18 bits per heavy atom. The van der Waals surface area contributed by atoms with Crippen molar-refractivity contribution in [2.24, 2.45) is 4.99 Å². The van der Waals surface area contributed by atoms with E-state index in [-0.39, 0.29) is 0 Å². The number of nitrogens with one attached hydrogen (secondary N) is 1. The first-order valence-electron chi connectivity index (χ1n) is 3.04. The average Bonchev–Trinajstić information content (AvgIpc) is 2.02. The van der Waals surface area contributed by atoms with Gasteiger partial charge in [0.25, 0.3) is 0 Å². The minimum Gasteiger partial charge on any atom is -0.285 e. The van der Waals surface area contributed by atoms with Crippen LogP contribution in [0.4, 0.5) is 4.79 Å². The molecule has 3 amide bonds. The number of imide groups is 1. The molecule has 0 spiro atoms. The number of rotatable bonds is 1. The summed E-state index contributed by atoms with van der Waals surface area (Å²) in [4.78, 5) is 25.7. The second-order valence-corrected chi connectivity index (χ2v) is 1.90. The van der Waals surface area contributed by atoms with E-state index in [1.165, 1.54) is 11.9 Å². The average molecular weight is 157 g/mol. The SMILES string of the molecule is C/N=C(/C)N(C)C(=O)NC=O. The normalized spacial score (nSPS) is 10.6. The third-order valence-corrected chi connectivity index (χ3v) is 1.30. The van der Waals surface area contributed by atoms with E-state index >= 15 is 0 Å². The molecule has 0 atom stereocenters. The number of amides is 3. The molecule has 0 rings (SSSR count). The fraction of sp³-hybridized carbons (Fsp3) is 0.500. The summed E-state index contributed by atoms with van der Waals surface area (Å²) in [6.45, 7) is 1.67. The van der Waals surface area contributed by atoms with Crippen LogP contribution in [0.3, 0.4) is 0 Å². The first-order valence-corrected chi connectivity index (χ1v) is 3.04. The Morgan fingerprint density at radius 3 is 2.55 bits per heavy atom. The van der Waals surface area contributed by atoms with Gasteiger partial charge in [-0.2, -0.15) is 0 Å². The fourth-order valence-corrected chi connectivity index (χ4v) is 0.444. The molecule has 0 saturated heterocycles. The molecule has 5 heteroatoms. The van der Waals surface area contributed by atoms with Gasteiger partial charge >= 0.3 is 6.03 Å². The summed E-state index contributed by atoms with van der Waals surface area (Å²) in [5, 5.41) is 1.99. The van der Waals surface area contributed by atoms with E-state index in [0.29, 0.717) is 12.2 Å². The van der Waals surface area contributed by atoms with Gasteiger partial charge in [-0.05, 0) is 6.92 Å². The molecule has 1 N–H and O–H groups in total. The molecule has 0 heterocycles. The molecule has 0 fully saturated rings. The smallest absolute Gasteiger partial charge is 0.285 e. The zero-order valence-electron chi connectivity index (χ0n) is 6.79. The van der Waals surface area contributed by atoms with Crippen LogP contribution in [0.15, 0.2) is 4.99 Å². The predicted octanol–water partition coefficient (Wildman–Crippen LogP) is -0.168. The van der Waals surface area contributed by atoms with Crippen LogP contribution in [0.5, 0.6) is 0 Å². The van der Waals surface area contributed by atoms with E-state index in [0.717, 1.165) is 0 Å². The molecule has 5 nitrogen and oxygen atoms in total. The Labute approximate surface area is 65.1 Å². The molecule has 11 heavy (non-hydrogen) atoms. The van der Waals surface area contributed by atoms with Gasteiger partial charge in [-0.3, -0.25) is 20.0 Å². The van der Waals surface area contributed by atoms with Gasteiger partial charge in [0.1, 0.15) is 5.84 Å². The first-order chi connectivity index (χ1) is 5.13. The largest absolute Gasteiger partial charge is 0.328 e. The van der Waals surface area contributed by atoms with Gasteiger partial charge in [0.2, 0.25) is 6.41 Å². The Bertz CT molecular complexity index is 188. The maximum Gasteiger partial charge on any atom is 0.328 e. The molecule has 0 bridgehead atoms. The van der Waals surface area contributed by atoms with Gasteiger partial charge in [0, 0.05) is 14.1 Å². The van der Waals surface area contributed by atoms with Crippen LogP contribution < -0.4 is 5.32 Å². The quantitative estimate of drug-likeness (QED) is 0.326. The molecule has 0 aliphatic heterocycles. The third kappa shape index (κ3) is 2.79. The zero-order valence-corrected chi connectivity index (χ0v) is 6.79. The molecule has 0 aliphatic rings. The van der Waals surface area contributed by atoms with Gasteiger partial charge in [-0.15, -0.1) is 0 Å². The van der Waals surface area contributed by atoms with Crippen LogP contribution in [0.1, 0.15) is 6.92 Å². The van der Waals surface area contributed by atoms with Crippen molar-refractivity contribution in [3.8, 4) is 0 Å². The lowest BCUT2D eigenvalue weighted by atomic mass is 10.6. The van der Waals surface area contributed by atoms with Crippen LogP contribution in [0.2, 0.25) is 0 Å².